The molecule has 1 heterocycles. The van der Waals surface area contributed by atoms with Crippen LogP contribution in [0.2, 0.25) is 0 Å². The Balaban J connectivity index is 2.29. The minimum absolute atomic E-state index is 0.174. The zero-order valence-electron chi connectivity index (χ0n) is 10.8. The molecule has 0 aliphatic rings. The lowest BCUT2D eigenvalue weighted by Crippen LogP contribution is -2.06. The van der Waals surface area contributed by atoms with E-state index in [-0.39, 0.29) is 5.82 Å². The van der Waals surface area contributed by atoms with E-state index in [9.17, 15) is 4.39 Å². The van der Waals surface area contributed by atoms with Crippen LogP contribution in [-0.4, -0.2) is 22.8 Å². The van der Waals surface area contributed by atoms with E-state index in [1.165, 1.54) is 0 Å². The van der Waals surface area contributed by atoms with E-state index in [2.05, 4.69) is 20.6 Å². The molecule has 0 radical (unpaired) electrons. The molecule has 100 valence electrons. The average Bonchev–Trinajstić information content (AvgIpc) is 2.43. The molecule has 2 aromatic rings. The number of thioether (sulfide) groups is 1. The van der Waals surface area contributed by atoms with Gasteiger partial charge in [0.15, 0.2) is 11.6 Å². The van der Waals surface area contributed by atoms with E-state index < -0.39 is 5.82 Å². The molecule has 0 spiro atoms. The Morgan fingerprint density at radius 2 is 2.11 bits per heavy atom. The van der Waals surface area contributed by atoms with Crippen molar-refractivity contribution in [2.45, 2.75) is 11.8 Å². The van der Waals surface area contributed by atoms with Gasteiger partial charge in [0.25, 0.3) is 0 Å². The molecule has 0 aliphatic carbocycles. The molecule has 0 aliphatic heterocycles. The van der Waals surface area contributed by atoms with Gasteiger partial charge in [0.2, 0.25) is 5.95 Å². The lowest BCUT2D eigenvalue weighted by molar-refractivity contribution is 0.619. The third kappa shape index (κ3) is 3.35. The Morgan fingerprint density at radius 3 is 2.84 bits per heavy atom. The molecule has 0 amide bonds. The SMILES string of the molecule is CCNc1ncc(F)c(Nc2ccccc2SC)n1. The number of nitrogens with one attached hydrogen (secondary N) is 2. The number of halogens is 1. The summed E-state index contributed by atoms with van der Waals surface area (Å²) in [7, 11) is 0. The highest BCUT2D eigenvalue weighted by atomic mass is 32.2. The van der Waals surface area contributed by atoms with E-state index in [4.69, 9.17) is 0 Å². The molecule has 19 heavy (non-hydrogen) atoms. The lowest BCUT2D eigenvalue weighted by atomic mass is 10.3. The summed E-state index contributed by atoms with van der Waals surface area (Å²) in [5.74, 6) is 0.109. The van der Waals surface area contributed by atoms with Gasteiger partial charge in [0.1, 0.15) is 0 Å². The van der Waals surface area contributed by atoms with E-state index in [0.29, 0.717) is 12.5 Å². The first kappa shape index (κ1) is 13.6. The van der Waals surface area contributed by atoms with Crippen molar-refractivity contribution in [2.75, 3.05) is 23.4 Å². The molecule has 0 bridgehead atoms. The van der Waals surface area contributed by atoms with Gasteiger partial charge < -0.3 is 10.6 Å². The van der Waals surface area contributed by atoms with Gasteiger partial charge >= 0.3 is 0 Å². The van der Waals surface area contributed by atoms with Crippen molar-refractivity contribution in [1.82, 2.24) is 9.97 Å². The molecule has 1 aromatic heterocycles. The van der Waals surface area contributed by atoms with Crippen LogP contribution in [0.3, 0.4) is 0 Å². The van der Waals surface area contributed by atoms with Crippen LogP contribution in [-0.2, 0) is 0 Å². The Morgan fingerprint density at radius 1 is 1.32 bits per heavy atom. The molecule has 0 atom stereocenters. The van der Waals surface area contributed by atoms with E-state index in [0.717, 1.165) is 16.8 Å². The summed E-state index contributed by atoms with van der Waals surface area (Å²) in [4.78, 5) is 9.02. The topological polar surface area (TPSA) is 49.8 Å². The Bertz CT molecular complexity index is 562. The minimum Gasteiger partial charge on any atom is -0.354 e. The summed E-state index contributed by atoms with van der Waals surface area (Å²) in [6.07, 6.45) is 3.13. The third-order valence-corrected chi connectivity index (χ3v) is 3.23. The van der Waals surface area contributed by atoms with Crippen LogP contribution in [0.4, 0.5) is 21.8 Å². The summed E-state index contributed by atoms with van der Waals surface area (Å²) in [5, 5.41) is 5.96. The predicted molar refractivity (Wildman–Crippen MR) is 77.7 cm³/mol. The number of rotatable bonds is 5. The van der Waals surface area contributed by atoms with Crippen LogP contribution in [0.25, 0.3) is 0 Å². The van der Waals surface area contributed by atoms with E-state index >= 15 is 0 Å². The molecular formula is C13H15FN4S. The van der Waals surface area contributed by atoms with Gasteiger partial charge in [-0.05, 0) is 25.3 Å². The molecule has 4 nitrogen and oxygen atoms in total. The maximum Gasteiger partial charge on any atom is 0.224 e. The second kappa shape index (κ2) is 6.38. The van der Waals surface area contributed by atoms with Crippen LogP contribution in [0.15, 0.2) is 35.4 Å². The van der Waals surface area contributed by atoms with Crippen LogP contribution < -0.4 is 10.6 Å². The van der Waals surface area contributed by atoms with Crippen LogP contribution in [0, 0.1) is 5.82 Å². The van der Waals surface area contributed by atoms with Crippen molar-refractivity contribution in [3.8, 4) is 0 Å². The fourth-order valence-electron chi connectivity index (χ4n) is 1.57. The first-order valence-corrected chi connectivity index (χ1v) is 7.13. The Kier molecular flexibility index (Phi) is 4.57. The van der Waals surface area contributed by atoms with Crippen molar-refractivity contribution in [1.29, 1.82) is 0 Å². The molecule has 0 unspecified atom stereocenters. The summed E-state index contributed by atoms with van der Waals surface area (Å²) < 4.78 is 13.7. The van der Waals surface area contributed by atoms with Crippen molar-refractivity contribution in [2.24, 2.45) is 0 Å². The molecule has 0 fully saturated rings. The monoisotopic (exact) mass is 278 g/mol. The fourth-order valence-corrected chi connectivity index (χ4v) is 2.13. The van der Waals surface area contributed by atoms with Gasteiger partial charge in [-0.1, -0.05) is 12.1 Å². The second-order valence-electron chi connectivity index (χ2n) is 3.75. The summed E-state index contributed by atoms with van der Waals surface area (Å²) in [5.41, 5.74) is 0.829. The standard InChI is InChI=1S/C13H15FN4S/c1-3-15-13-16-8-9(14)12(18-13)17-10-6-4-5-7-11(10)19-2/h4-8H,3H2,1-2H3,(H2,15,16,17,18). The molecular weight excluding hydrogens is 263 g/mol. The van der Waals surface area contributed by atoms with Gasteiger partial charge in [-0.15, -0.1) is 11.8 Å². The number of aromatic nitrogens is 2. The predicted octanol–water partition coefficient (Wildman–Crippen LogP) is 3.51. The fraction of sp³-hybridized carbons (Fsp3) is 0.231. The number of hydrogen-bond donors (Lipinski definition) is 2. The highest BCUT2D eigenvalue weighted by Gasteiger charge is 2.08. The van der Waals surface area contributed by atoms with Crippen LogP contribution in [0.5, 0.6) is 0 Å². The van der Waals surface area contributed by atoms with Gasteiger partial charge in [-0.25, -0.2) is 9.37 Å². The molecule has 0 saturated carbocycles. The first-order valence-electron chi connectivity index (χ1n) is 5.91. The summed E-state index contributed by atoms with van der Waals surface area (Å²) in [6.45, 7) is 2.62. The van der Waals surface area contributed by atoms with Crippen LogP contribution in [0.1, 0.15) is 6.92 Å². The summed E-state index contributed by atoms with van der Waals surface area (Å²) in [6, 6.07) is 7.70. The number of para-hydroxylation sites is 1. The number of hydrogen-bond acceptors (Lipinski definition) is 5. The largest absolute Gasteiger partial charge is 0.354 e. The molecule has 0 saturated heterocycles. The van der Waals surface area contributed by atoms with Crippen molar-refractivity contribution >= 4 is 29.2 Å². The van der Waals surface area contributed by atoms with Gasteiger partial charge in [0, 0.05) is 11.4 Å². The molecule has 6 heteroatoms. The van der Waals surface area contributed by atoms with Crippen molar-refractivity contribution in [3.05, 3.63) is 36.3 Å². The highest BCUT2D eigenvalue weighted by molar-refractivity contribution is 7.98. The maximum atomic E-state index is 13.7. The zero-order valence-corrected chi connectivity index (χ0v) is 11.6. The lowest BCUT2D eigenvalue weighted by Gasteiger charge is -2.11. The number of nitrogens with zero attached hydrogens (tertiary/aromatic N) is 2. The molecule has 2 rings (SSSR count). The second-order valence-corrected chi connectivity index (χ2v) is 4.59. The molecule has 2 N–H and O–H groups in total. The zero-order chi connectivity index (χ0) is 13.7. The quantitative estimate of drug-likeness (QED) is 0.820. The van der Waals surface area contributed by atoms with Gasteiger partial charge in [-0.3, -0.25) is 0 Å². The average molecular weight is 278 g/mol. The smallest absolute Gasteiger partial charge is 0.224 e. The summed E-state index contributed by atoms with van der Waals surface area (Å²) >= 11 is 1.59. The van der Waals surface area contributed by atoms with Crippen molar-refractivity contribution < 1.29 is 4.39 Å². The Labute approximate surface area is 115 Å². The molecule has 1 aromatic carbocycles. The van der Waals surface area contributed by atoms with E-state index in [1.54, 1.807) is 11.8 Å². The van der Waals surface area contributed by atoms with Gasteiger partial charge in [-0.2, -0.15) is 4.98 Å². The number of anilines is 3. The van der Waals surface area contributed by atoms with E-state index in [1.807, 2.05) is 37.4 Å². The highest BCUT2D eigenvalue weighted by Crippen LogP contribution is 2.28. The third-order valence-electron chi connectivity index (χ3n) is 2.44. The number of benzene rings is 1. The van der Waals surface area contributed by atoms with Crippen molar-refractivity contribution in [3.63, 3.8) is 0 Å². The first-order chi connectivity index (χ1) is 9.24. The van der Waals surface area contributed by atoms with Crippen LogP contribution >= 0.6 is 11.8 Å². The minimum atomic E-state index is -0.474. The maximum absolute atomic E-state index is 13.7. The normalized spacial score (nSPS) is 10.3. The van der Waals surface area contributed by atoms with Gasteiger partial charge in [0.05, 0.1) is 11.9 Å². The Hall–Kier alpha value is -1.82.